The first kappa shape index (κ1) is 16.1. The molecule has 0 bridgehead atoms. The lowest BCUT2D eigenvalue weighted by Crippen LogP contribution is -2.29. The average molecular weight is 320 g/mol. The number of rotatable bonds is 6. The van der Waals surface area contributed by atoms with Gasteiger partial charge in [-0.05, 0) is 35.3 Å². The van der Waals surface area contributed by atoms with E-state index in [9.17, 15) is 10.0 Å². The lowest BCUT2D eigenvalue weighted by molar-refractivity contribution is 0.291. The van der Waals surface area contributed by atoms with Crippen LogP contribution >= 0.6 is 0 Å². The van der Waals surface area contributed by atoms with Crippen LogP contribution in [0.1, 0.15) is 5.56 Å². The Bertz CT molecular complexity index is 776. The normalized spacial score (nSPS) is 10.2. The Hall–Kier alpha value is -2.76. The van der Waals surface area contributed by atoms with Crippen LogP contribution in [0.4, 0.5) is 0 Å². The summed E-state index contributed by atoms with van der Waals surface area (Å²) in [5.41, 5.74) is 1.38. The lowest BCUT2D eigenvalue weighted by atomic mass is 9.80. The first-order chi connectivity index (χ1) is 11.7. The Morgan fingerprint density at radius 1 is 0.750 bits per heavy atom. The highest BCUT2D eigenvalue weighted by Gasteiger charge is 2.15. The summed E-state index contributed by atoms with van der Waals surface area (Å²) in [5.74, 6) is 1.61. The molecule has 0 aliphatic rings. The quantitative estimate of drug-likeness (QED) is 0.686. The van der Waals surface area contributed by atoms with Crippen molar-refractivity contribution in [2.24, 2.45) is 0 Å². The maximum atomic E-state index is 9.37. The van der Waals surface area contributed by atoms with E-state index in [-0.39, 0.29) is 0 Å². The summed E-state index contributed by atoms with van der Waals surface area (Å²) in [6.07, 6.45) is 0. The molecule has 0 aromatic heterocycles. The van der Waals surface area contributed by atoms with Crippen LogP contribution < -0.4 is 14.9 Å². The molecule has 0 saturated carbocycles. The summed E-state index contributed by atoms with van der Waals surface area (Å²) in [5, 5.41) is 18.7. The fraction of sp³-hybridized carbons (Fsp3) is 0.0526. The summed E-state index contributed by atoms with van der Waals surface area (Å²) >= 11 is 0. The van der Waals surface area contributed by atoms with Crippen LogP contribution in [0.5, 0.6) is 17.2 Å². The van der Waals surface area contributed by atoms with Gasteiger partial charge in [0.05, 0.1) is 0 Å². The van der Waals surface area contributed by atoms with E-state index in [2.05, 4.69) is 0 Å². The molecule has 0 spiro atoms. The first-order valence-electron chi connectivity index (χ1n) is 7.62. The van der Waals surface area contributed by atoms with Crippen molar-refractivity contribution in [3.63, 3.8) is 0 Å². The Balaban J connectivity index is 1.84. The maximum Gasteiger partial charge on any atom is 0.488 e. The number of hydrogen-bond donors (Lipinski definition) is 2. The molecule has 3 aromatic carbocycles. The summed E-state index contributed by atoms with van der Waals surface area (Å²) in [6, 6.07) is 23.9. The van der Waals surface area contributed by atoms with Crippen LogP contribution in [-0.2, 0) is 6.61 Å². The van der Waals surface area contributed by atoms with Crippen LogP contribution in [0.15, 0.2) is 78.9 Å². The number of ether oxygens (including phenoxy) is 2. The van der Waals surface area contributed by atoms with E-state index >= 15 is 0 Å². The molecular weight excluding hydrogens is 303 g/mol. The molecule has 0 aliphatic carbocycles. The molecule has 4 nitrogen and oxygen atoms in total. The molecule has 0 amide bonds. The van der Waals surface area contributed by atoms with Crippen LogP contribution in [0.2, 0.25) is 0 Å². The van der Waals surface area contributed by atoms with Gasteiger partial charge in [-0.2, -0.15) is 0 Å². The molecule has 0 heterocycles. The minimum absolute atomic E-state index is 0.341. The molecule has 5 heteroatoms. The SMILES string of the molecule is OB(O)c1ccc(OCc2ccccc2)c(Oc2ccccc2)c1. The number of para-hydroxylation sites is 1. The molecule has 24 heavy (non-hydrogen) atoms. The molecule has 0 unspecified atom stereocenters. The van der Waals surface area contributed by atoms with Crippen LogP contribution in [0, 0.1) is 0 Å². The van der Waals surface area contributed by atoms with Gasteiger partial charge in [-0.3, -0.25) is 0 Å². The molecule has 0 atom stereocenters. The van der Waals surface area contributed by atoms with E-state index < -0.39 is 7.12 Å². The molecule has 0 saturated heterocycles. The Morgan fingerprint density at radius 2 is 1.42 bits per heavy atom. The highest BCUT2D eigenvalue weighted by Crippen LogP contribution is 2.31. The third kappa shape index (κ3) is 4.16. The molecule has 0 aliphatic heterocycles. The summed E-state index contributed by atoms with van der Waals surface area (Å²) in [7, 11) is -1.56. The van der Waals surface area contributed by atoms with E-state index in [4.69, 9.17) is 9.47 Å². The molecule has 120 valence electrons. The van der Waals surface area contributed by atoms with Crippen molar-refractivity contribution in [3.05, 3.63) is 84.4 Å². The zero-order chi connectivity index (χ0) is 16.8. The van der Waals surface area contributed by atoms with Crippen molar-refractivity contribution in [1.29, 1.82) is 0 Å². The monoisotopic (exact) mass is 320 g/mol. The van der Waals surface area contributed by atoms with Gasteiger partial charge in [-0.1, -0.05) is 54.6 Å². The van der Waals surface area contributed by atoms with Crippen molar-refractivity contribution in [2.45, 2.75) is 6.61 Å². The second-order valence-corrected chi connectivity index (χ2v) is 5.27. The average Bonchev–Trinajstić information content (AvgIpc) is 2.62. The molecule has 0 fully saturated rings. The number of benzene rings is 3. The second-order valence-electron chi connectivity index (χ2n) is 5.27. The van der Waals surface area contributed by atoms with Crippen LogP contribution in [0.25, 0.3) is 0 Å². The molecule has 3 aromatic rings. The molecular formula is C19H17BO4. The van der Waals surface area contributed by atoms with Crippen LogP contribution in [-0.4, -0.2) is 17.2 Å². The third-order valence-electron chi connectivity index (χ3n) is 3.47. The van der Waals surface area contributed by atoms with Gasteiger partial charge in [-0.25, -0.2) is 0 Å². The Kier molecular flexibility index (Phi) is 5.16. The summed E-state index contributed by atoms with van der Waals surface area (Å²) in [4.78, 5) is 0. The maximum absolute atomic E-state index is 9.37. The van der Waals surface area contributed by atoms with Crippen molar-refractivity contribution < 1.29 is 19.5 Å². The zero-order valence-electron chi connectivity index (χ0n) is 13.0. The van der Waals surface area contributed by atoms with Gasteiger partial charge in [0.15, 0.2) is 11.5 Å². The first-order valence-corrected chi connectivity index (χ1v) is 7.62. The van der Waals surface area contributed by atoms with E-state index in [1.807, 2.05) is 60.7 Å². The molecule has 0 radical (unpaired) electrons. The minimum atomic E-state index is -1.56. The molecule has 2 N–H and O–H groups in total. The topological polar surface area (TPSA) is 58.9 Å². The predicted octanol–water partition coefficient (Wildman–Crippen LogP) is 2.74. The summed E-state index contributed by atoms with van der Waals surface area (Å²) in [6.45, 7) is 0.396. The van der Waals surface area contributed by atoms with E-state index in [0.717, 1.165) is 5.56 Å². The fourth-order valence-corrected chi connectivity index (χ4v) is 2.24. The van der Waals surface area contributed by atoms with E-state index in [0.29, 0.717) is 29.3 Å². The molecule has 3 rings (SSSR count). The van der Waals surface area contributed by atoms with Gasteiger partial charge in [-0.15, -0.1) is 0 Å². The zero-order valence-corrected chi connectivity index (χ0v) is 13.0. The van der Waals surface area contributed by atoms with E-state index in [1.165, 1.54) is 0 Å². The van der Waals surface area contributed by atoms with Gasteiger partial charge < -0.3 is 19.5 Å². The number of hydrogen-bond acceptors (Lipinski definition) is 4. The Morgan fingerprint density at radius 3 is 2.08 bits per heavy atom. The van der Waals surface area contributed by atoms with E-state index in [1.54, 1.807) is 18.2 Å². The predicted molar refractivity (Wildman–Crippen MR) is 93.6 cm³/mol. The van der Waals surface area contributed by atoms with Gasteiger partial charge in [0.1, 0.15) is 12.4 Å². The smallest absolute Gasteiger partial charge is 0.485 e. The van der Waals surface area contributed by atoms with Crippen molar-refractivity contribution in [1.82, 2.24) is 0 Å². The van der Waals surface area contributed by atoms with Gasteiger partial charge >= 0.3 is 7.12 Å². The highest BCUT2D eigenvalue weighted by atomic mass is 16.5. The standard InChI is InChI=1S/C19H17BO4/c21-20(22)16-11-12-18(23-14-15-7-3-1-4-8-15)19(13-16)24-17-9-5-2-6-10-17/h1-13,21-22H,14H2. The van der Waals surface area contributed by atoms with Gasteiger partial charge in [0.2, 0.25) is 0 Å². The second kappa shape index (κ2) is 7.68. The van der Waals surface area contributed by atoms with Crippen LogP contribution in [0.3, 0.4) is 0 Å². The van der Waals surface area contributed by atoms with Crippen molar-refractivity contribution in [3.8, 4) is 17.2 Å². The van der Waals surface area contributed by atoms with Gasteiger partial charge in [0, 0.05) is 0 Å². The lowest BCUT2D eigenvalue weighted by Gasteiger charge is -2.14. The Labute approximate surface area is 141 Å². The van der Waals surface area contributed by atoms with Crippen molar-refractivity contribution in [2.75, 3.05) is 0 Å². The summed E-state index contributed by atoms with van der Waals surface area (Å²) < 4.78 is 11.7. The largest absolute Gasteiger partial charge is 0.488 e. The van der Waals surface area contributed by atoms with Crippen molar-refractivity contribution >= 4 is 12.6 Å². The van der Waals surface area contributed by atoms with Gasteiger partial charge in [0.25, 0.3) is 0 Å². The minimum Gasteiger partial charge on any atom is -0.485 e. The third-order valence-corrected chi connectivity index (χ3v) is 3.47. The fourth-order valence-electron chi connectivity index (χ4n) is 2.24. The highest BCUT2D eigenvalue weighted by molar-refractivity contribution is 6.58.